The molecule has 1 aliphatic heterocycles. The highest BCUT2D eigenvalue weighted by Crippen LogP contribution is 2.39. The number of likely N-dealkylation sites (tertiary alicyclic amines) is 1. The number of carbonyl (C=O) groups is 1. The average molecular weight is 325 g/mol. The molecule has 1 saturated heterocycles. The van der Waals surface area contributed by atoms with Crippen LogP contribution in [0.5, 0.6) is 11.5 Å². The standard InChI is InChI=1S/C20H23NO3/c1-14-6-8-15(9-7-14)20(22)21-12-4-5-18(21)17-13-16(23-2)10-11-19(17)24-3/h6-11,13,18H,4-5,12H2,1-3H3. The number of methoxy groups -OCH3 is 2. The van der Waals surface area contributed by atoms with Crippen LogP contribution < -0.4 is 9.47 Å². The molecule has 24 heavy (non-hydrogen) atoms. The fourth-order valence-corrected chi connectivity index (χ4v) is 3.29. The first-order chi connectivity index (χ1) is 11.6. The van der Waals surface area contributed by atoms with E-state index >= 15 is 0 Å². The molecule has 1 unspecified atom stereocenters. The molecule has 1 amide bonds. The molecule has 3 rings (SSSR count). The van der Waals surface area contributed by atoms with Crippen LogP contribution >= 0.6 is 0 Å². The van der Waals surface area contributed by atoms with Gasteiger partial charge in [0.15, 0.2) is 0 Å². The predicted octanol–water partition coefficient (Wildman–Crippen LogP) is 3.99. The summed E-state index contributed by atoms with van der Waals surface area (Å²) in [5.41, 5.74) is 2.89. The van der Waals surface area contributed by atoms with Gasteiger partial charge >= 0.3 is 0 Å². The average Bonchev–Trinajstić information content (AvgIpc) is 3.10. The van der Waals surface area contributed by atoms with Gasteiger partial charge in [0.1, 0.15) is 11.5 Å². The van der Waals surface area contributed by atoms with Gasteiger partial charge in [-0.15, -0.1) is 0 Å². The fourth-order valence-electron chi connectivity index (χ4n) is 3.29. The van der Waals surface area contributed by atoms with Gasteiger partial charge in [0.2, 0.25) is 0 Å². The first kappa shape index (κ1) is 16.4. The molecule has 1 aliphatic rings. The lowest BCUT2D eigenvalue weighted by Crippen LogP contribution is -2.30. The minimum atomic E-state index is 0.0175. The molecule has 4 heteroatoms. The van der Waals surface area contributed by atoms with Gasteiger partial charge in [0.05, 0.1) is 20.3 Å². The highest BCUT2D eigenvalue weighted by molar-refractivity contribution is 5.94. The zero-order valence-corrected chi connectivity index (χ0v) is 14.4. The van der Waals surface area contributed by atoms with E-state index in [1.165, 1.54) is 0 Å². The third-order valence-electron chi connectivity index (χ3n) is 4.61. The first-order valence-electron chi connectivity index (χ1n) is 8.23. The van der Waals surface area contributed by atoms with E-state index in [2.05, 4.69) is 0 Å². The van der Waals surface area contributed by atoms with Crippen molar-refractivity contribution in [2.24, 2.45) is 0 Å². The van der Waals surface area contributed by atoms with E-state index in [1.54, 1.807) is 14.2 Å². The van der Waals surface area contributed by atoms with Crippen molar-refractivity contribution in [2.75, 3.05) is 20.8 Å². The maximum Gasteiger partial charge on any atom is 0.254 e. The van der Waals surface area contributed by atoms with Gasteiger partial charge in [-0.2, -0.15) is 0 Å². The smallest absolute Gasteiger partial charge is 0.254 e. The van der Waals surface area contributed by atoms with Crippen molar-refractivity contribution in [1.82, 2.24) is 4.90 Å². The molecule has 0 radical (unpaired) electrons. The minimum Gasteiger partial charge on any atom is -0.497 e. The molecule has 0 spiro atoms. The Kier molecular flexibility index (Phi) is 4.74. The van der Waals surface area contributed by atoms with Gasteiger partial charge in [-0.3, -0.25) is 4.79 Å². The Morgan fingerprint density at radius 1 is 1.08 bits per heavy atom. The molecule has 2 aromatic rings. The SMILES string of the molecule is COc1ccc(OC)c(C2CCCN2C(=O)c2ccc(C)cc2)c1. The highest BCUT2D eigenvalue weighted by Gasteiger charge is 2.32. The van der Waals surface area contributed by atoms with Gasteiger partial charge in [0, 0.05) is 17.7 Å². The Morgan fingerprint density at radius 2 is 1.83 bits per heavy atom. The zero-order chi connectivity index (χ0) is 17.1. The Bertz CT molecular complexity index is 724. The molecule has 1 fully saturated rings. The Hall–Kier alpha value is -2.49. The second-order valence-corrected chi connectivity index (χ2v) is 6.13. The first-order valence-corrected chi connectivity index (χ1v) is 8.23. The van der Waals surface area contributed by atoms with Gasteiger partial charge in [-0.1, -0.05) is 17.7 Å². The van der Waals surface area contributed by atoms with Crippen LogP contribution in [0.3, 0.4) is 0 Å². The third-order valence-corrected chi connectivity index (χ3v) is 4.61. The van der Waals surface area contributed by atoms with E-state index in [0.717, 1.165) is 47.6 Å². The fraction of sp³-hybridized carbons (Fsp3) is 0.350. The molecule has 0 bridgehead atoms. The normalized spacial score (nSPS) is 17.0. The van der Waals surface area contributed by atoms with Crippen LogP contribution in [0.4, 0.5) is 0 Å². The monoisotopic (exact) mass is 325 g/mol. The molecule has 0 aliphatic carbocycles. The van der Waals surface area contributed by atoms with Crippen molar-refractivity contribution < 1.29 is 14.3 Å². The largest absolute Gasteiger partial charge is 0.497 e. The van der Waals surface area contributed by atoms with Crippen LogP contribution in [0.2, 0.25) is 0 Å². The van der Waals surface area contributed by atoms with Crippen LogP contribution in [0.15, 0.2) is 42.5 Å². The molecule has 1 heterocycles. The molecule has 4 nitrogen and oxygen atoms in total. The lowest BCUT2D eigenvalue weighted by molar-refractivity contribution is 0.0734. The predicted molar refractivity (Wildman–Crippen MR) is 93.7 cm³/mol. The number of hydrogen-bond donors (Lipinski definition) is 0. The number of rotatable bonds is 4. The second-order valence-electron chi connectivity index (χ2n) is 6.13. The maximum absolute atomic E-state index is 12.9. The summed E-state index contributed by atoms with van der Waals surface area (Å²) < 4.78 is 10.9. The van der Waals surface area contributed by atoms with Crippen molar-refractivity contribution in [3.8, 4) is 11.5 Å². The van der Waals surface area contributed by atoms with Crippen LogP contribution in [-0.4, -0.2) is 31.6 Å². The summed E-state index contributed by atoms with van der Waals surface area (Å²) in [7, 11) is 3.31. The topological polar surface area (TPSA) is 38.8 Å². The Balaban J connectivity index is 1.93. The summed E-state index contributed by atoms with van der Waals surface area (Å²) in [6.07, 6.45) is 1.92. The van der Waals surface area contributed by atoms with Crippen LogP contribution in [0.25, 0.3) is 0 Å². The van der Waals surface area contributed by atoms with Gasteiger partial charge in [-0.05, 0) is 50.1 Å². The lowest BCUT2D eigenvalue weighted by Gasteiger charge is -2.27. The van der Waals surface area contributed by atoms with Crippen LogP contribution in [-0.2, 0) is 0 Å². The maximum atomic E-state index is 12.9. The number of ether oxygens (including phenoxy) is 2. The number of benzene rings is 2. The zero-order valence-electron chi connectivity index (χ0n) is 14.4. The van der Waals surface area contributed by atoms with E-state index in [-0.39, 0.29) is 11.9 Å². The molecule has 0 aromatic heterocycles. The van der Waals surface area contributed by atoms with Crippen molar-refractivity contribution in [2.45, 2.75) is 25.8 Å². The van der Waals surface area contributed by atoms with E-state index < -0.39 is 0 Å². The number of amides is 1. The molecular formula is C20H23NO3. The van der Waals surface area contributed by atoms with E-state index in [1.807, 2.05) is 54.3 Å². The molecule has 126 valence electrons. The van der Waals surface area contributed by atoms with E-state index in [9.17, 15) is 4.79 Å². The molecular weight excluding hydrogens is 302 g/mol. The third kappa shape index (κ3) is 3.09. The summed E-state index contributed by atoms with van der Waals surface area (Å²) in [5.74, 6) is 1.65. The minimum absolute atomic E-state index is 0.0175. The van der Waals surface area contributed by atoms with E-state index in [0.29, 0.717) is 0 Å². The van der Waals surface area contributed by atoms with Gasteiger partial charge in [0.25, 0.3) is 5.91 Å². The Labute approximate surface area is 143 Å². The second kappa shape index (κ2) is 6.95. The van der Waals surface area contributed by atoms with Crippen LogP contribution in [0.1, 0.15) is 40.4 Å². The number of nitrogens with zero attached hydrogens (tertiary/aromatic N) is 1. The van der Waals surface area contributed by atoms with Crippen molar-refractivity contribution >= 4 is 5.91 Å². The summed E-state index contributed by atoms with van der Waals surface area (Å²) in [6.45, 7) is 2.78. The lowest BCUT2D eigenvalue weighted by atomic mass is 10.0. The van der Waals surface area contributed by atoms with Crippen molar-refractivity contribution in [3.05, 3.63) is 59.2 Å². The highest BCUT2D eigenvalue weighted by atomic mass is 16.5. The molecule has 1 atom stereocenters. The van der Waals surface area contributed by atoms with Crippen molar-refractivity contribution in [3.63, 3.8) is 0 Å². The Morgan fingerprint density at radius 3 is 2.50 bits per heavy atom. The van der Waals surface area contributed by atoms with Gasteiger partial charge in [-0.25, -0.2) is 0 Å². The summed E-state index contributed by atoms with van der Waals surface area (Å²) >= 11 is 0. The number of carbonyl (C=O) groups excluding carboxylic acids is 1. The molecule has 2 aromatic carbocycles. The molecule has 0 saturated carbocycles. The van der Waals surface area contributed by atoms with Crippen LogP contribution in [0, 0.1) is 6.92 Å². The van der Waals surface area contributed by atoms with E-state index in [4.69, 9.17) is 9.47 Å². The number of hydrogen-bond acceptors (Lipinski definition) is 3. The quantitative estimate of drug-likeness (QED) is 0.853. The molecule has 0 N–H and O–H groups in total. The summed E-state index contributed by atoms with van der Waals surface area (Å²) in [6, 6.07) is 13.5. The summed E-state index contributed by atoms with van der Waals surface area (Å²) in [5, 5.41) is 0. The van der Waals surface area contributed by atoms with Gasteiger partial charge < -0.3 is 14.4 Å². The summed E-state index contributed by atoms with van der Waals surface area (Å²) in [4.78, 5) is 14.9. The number of aryl methyl sites for hydroxylation is 1. The van der Waals surface area contributed by atoms with Crippen molar-refractivity contribution in [1.29, 1.82) is 0 Å².